The number of thioether (sulfide) groups is 1. The van der Waals surface area contributed by atoms with Crippen LogP contribution in [0.2, 0.25) is 0 Å². The minimum atomic E-state index is -0.309. The maximum atomic E-state index is 12.6. The molecule has 1 aliphatic heterocycles. The van der Waals surface area contributed by atoms with Crippen molar-refractivity contribution in [2.24, 2.45) is 0 Å². The number of hydrogen-bond acceptors (Lipinski definition) is 6. The average molecular weight is 467 g/mol. The molecule has 8 nitrogen and oxygen atoms in total. The predicted octanol–water partition coefficient (Wildman–Crippen LogP) is 3.01. The van der Waals surface area contributed by atoms with Gasteiger partial charge < -0.3 is 20.1 Å². The SMILES string of the molecule is COc1ccc(OCC(=O)Nc2c3c(nn2CC(=O)NCCc2ccccc2)CSC3)cc1. The summed E-state index contributed by atoms with van der Waals surface area (Å²) in [6.45, 7) is 0.432. The highest BCUT2D eigenvalue weighted by molar-refractivity contribution is 7.98. The Morgan fingerprint density at radius 1 is 1.03 bits per heavy atom. The number of carbonyl (C=O) groups is 2. The second-order valence-electron chi connectivity index (χ2n) is 7.52. The molecule has 2 aromatic carbocycles. The molecule has 1 aliphatic rings. The molecule has 172 valence electrons. The van der Waals surface area contributed by atoms with Crippen molar-refractivity contribution in [3.8, 4) is 11.5 Å². The molecule has 0 saturated carbocycles. The van der Waals surface area contributed by atoms with Gasteiger partial charge in [-0.1, -0.05) is 30.3 Å². The monoisotopic (exact) mass is 466 g/mol. The smallest absolute Gasteiger partial charge is 0.263 e. The first-order valence-corrected chi connectivity index (χ1v) is 11.8. The molecular formula is C24H26N4O4S. The van der Waals surface area contributed by atoms with Crippen LogP contribution in [0.5, 0.6) is 11.5 Å². The Bertz CT molecular complexity index is 1100. The number of nitrogens with one attached hydrogen (secondary N) is 2. The molecule has 0 bridgehead atoms. The molecule has 0 unspecified atom stereocenters. The molecule has 4 rings (SSSR count). The summed E-state index contributed by atoms with van der Waals surface area (Å²) in [5.41, 5.74) is 3.04. The van der Waals surface area contributed by atoms with Gasteiger partial charge in [-0.25, -0.2) is 4.68 Å². The standard InChI is InChI=1S/C24H26N4O4S/c1-31-18-7-9-19(10-8-18)32-14-23(30)26-24-20-15-33-16-21(20)27-28(24)13-22(29)25-12-11-17-5-3-2-4-6-17/h2-10H,11-16H2,1H3,(H,25,29)(H,26,30). The third-order valence-corrected chi connectivity index (χ3v) is 6.15. The molecule has 0 spiro atoms. The predicted molar refractivity (Wildman–Crippen MR) is 128 cm³/mol. The van der Waals surface area contributed by atoms with Gasteiger partial charge in [0.15, 0.2) is 6.61 Å². The van der Waals surface area contributed by atoms with Gasteiger partial charge in [-0.3, -0.25) is 9.59 Å². The van der Waals surface area contributed by atoms with E-state index in [-0.39, 0.29) is 25.0 Å². The number of hydrogen-bond donors (Lipinski definition) is 2. The molecule has 0 radical (unpaired) electrons. The van der Waals surface area contributed by atoms with E-state index in [9.17, 15) is 9.59 Å². The Morgan fingerprint density at radius 2 is 1.79 bits per heavy atom. The molecule has 0 saturated heterocycles. The minimum Gasteiger partial charge on any atom is -0.497 e. The van der Waals surface area contributed by atoms with Crippen LogP contribution in [-0.4, -0.2) is 41.9 Å². The Labute approximate surface area is 196 Å². The largest absolute Gasteiger partial charge is 0.497 e. The van der Waals surface area contributed by atoms with E-state index >= 15 is 0 Å². The quantitative estimate of drug-likeness (QED) is 0.477. The molecule has 2 heterocycles. The van der Waals surface area contributed by atoms with E-state index in [4.69, 9.17) is 9.47 Å². The average Bonchev–Trinajstić information content (AvgIpc) is 3.41. The summed E-state index contributed by atoms with van der Waals surface area (Å²) in [7, 11) is 1.59. The second-order valence-corrected chi connectivity index (χ2v) is 8.51. The van der Waals surface area contributed by atoms with Gasteiger partial charge in [0.25, 0.3) is 5.91 Å². The van der Waals surface area contributed by atoms with Gasteiger partial charge in [0.1, 0.15) is 23.9 Å². The zero-order valence-electron chi connectivity index (χ0n) is 18.4. The third kappa shape index (κ3) is 6.07. The molecule has 0 aliphatic carbocycles. The normalized spacial score (nSPS) is 12.2. The summed E-state index contributed by atoms with van der Waals surface area (Å²) in [4.78, 5) is 25.1. The van der Waals surface area contributed by atoms with Crippen molar-refractivity contribution >= 4 is 29.4 Å². The van der Waals surface area contributed by atoms with Crippen LogP contribution in [0, 0.1) is 0 Å². The van der Waals surface area contributed by atoms with E-state index < -0.39 is 0 Å². The van der Waals surface area contributed by atoms with Gasteiger partial charge >= 0.3 is 0 Å². The number of nitrogens with zero attached hydrogens (tertiary/aromatic N) is 2. The van der Waals surface area contributed by atoms with Crippen LogP contribution in [0.15, 0.2) is 54.6 Å². The van der Waals surface area contributed by atoms with Crippen molar-refractivity contribution < 1.29 is 19.1 Å². The minimum absolute atomic E-state index is 0.0431. The fourth-order valence-corrected chi connectivity index (χ4v) is 4.53. The first kappa shape index (κ1) is 22.7. The van der Waals surface area contributed by atoms with Crippen LogP contribution in [0.1, 0.15) is 16.8 Å². The van der Waals surface area contributed by atoms with Crippen LogP contribution in [0.25, 0.3) is 0 Å². The number of benzene rings is 2. The van der Waals surface area contributed by atoms with Crippen LogP contribution < -0.4 is 20.1 Å². The molecule has 33 heavy (non-hydrogen) atoms. The Morgan fingerprint density at radius 3 is 2.55 bits per heavy atom. The molecule has 0 fully saturated rings. The number of carbonyl (C=O) groups excluding carboxylic acids is 2. The second kappa shape index (κ2) is 10.9. The molecule has 3 aromatic rings. The van der Waals surface area contributed by atoms with Crippen molar-refractivity contribution in [2.75, 3.05) is 25.6 Å². The topological polar surface area (TPSA) is 94.5 Å². The van der Waals surface area contributed by atoms with Gasteiger partial charge in [0.2, 0.25) is 5.91 Å². The van der Waals surface area contributed by atoms with Gasteiger partial charge in [-0.05, 0) is 36.2 Å². The Hall–Kier alpha value is -3.46. The fraction of sp³-hybridized carbons (Fsp3) is 0.292. The van der Waals surface area contributed by atoms with Crippen molar-refractivity contribution in [1.82, 2.24) is 15.1 Å². The summed E-state index contributed by atoms with van der Waals surface area (Å²) >= 11 is 1.73. The fourth-order valence-electron chi connectivity index (χ4n) is 3.49. The lowest BCUT2D eigenvalue weighted by Gasteiger charge is -2.12. The van der Waals surface area contributed by atoms with Crippen LogP contribution in [0.4, 0.5) is 5.82 Å². The van der Waals surface area contributed by atoms with Crippen LogP contribution >= 0.6 is 11.8 Å². The van der Waals surface area contributed by atoms with Crippen molar-refractivity contribution in [1.29, 1.82) is 0 Å². The molecule has 0 atom stereocenters. The van der Waals surface area contributed by atoms with Gasteiger partial charge in [-0.2, -0.15) is 16.9 Å². The van der Waals surface area contributed by atoms with E-state index in [1.54, 1.807) is 47.8 Å². The molecule has 9 heteroatoms. The summed E-state index contributed by atoms with van der Waals surface area (Å²) in [5.74, 6) is 2.91. The van der Waals surface area contributed by atoms with E-state index in [0.717, 1.165) is 34.7 Å². The maximum absolute atomic E-state index is 12.6. The van der Waals surface area contributed by atoms with Crippen molar-refractivity contribution in [2.45, 2.75) is 24.5 Å². The number of rotatable bonds is 10. The molecular weight excluding hydrogens is 440 g/mol. The number of ether oxygens (including phenoxy) is 2. The summed E-state index contributed by atoms with van der Waals surface area (Å²) in [6, 6.07) is 17.0. The van der Waals surface area contributed by atoms with Gasteiger partial charge in [0.05, 0.1) is 12.8 Å². The van der Waals surface area contributed by atoms with Crippen LogP contribution in [0.3, 0.4) is 0 Å². The third-order valence-electron chi connectivity index (χ3n) is 5.18. The lowest BCUT2D eigenvalue weighted by Crippen LogP contribution is -2.31. The van der Waals surface area contributed by atoms with E-state index in [0.29, 0.717) is 23.9 Å². The zero-order chi connectivity index (χ0) is 23.0. The van der Waals surface area contributed by atoms with Crippen LogP contribution in [-0.2, 0) is 34.1 Å². The number of amides is 2. The van der Waals surface area contributed by atoms with Gasteiger partial charge in [-0.15, -0.1) is 0 Å². The number of anilines is 1. The number of fused-ring (bicyclic) bond motifs is 1. The highest BCUT2D eigenvalue weighted by Gasteiger charge is 2.25. The molecule has 1 aromatic heterocycles. The van der Waals surface area contributed by atoms with E-state index in [1.165, 1.54) is 0 Å². The molecule has 2 N–H and O–H groups in total. The zero-order valence-corrected chi connectivity index (χ0v) is 19.2. The first-order chi connectivity index (χ1) is 16.1. The van der Waals surface area contributed by atoms with Crippen molar-refractivity contribution in [3.05, 3.63) is 71.4 Å². The first-order valence-electron chi connectivity index (χ1n) is 10.7. The lowest BCUT2D eigenvalue weighted by atomic mass is 10.1. The van der Waals surface area contributed by atoms with Gasteiger partial charge in [0, 0.05) is 23.6 Å². The maximum Gasteiger partial charge on any atom is 0.263 e. The summed E-state index contributed by atoms with van der Waals surface area (Å²) in [5, 5.41) is 10.4. The van der Waals surface area contributed by atoms with Crippen molar-refractivity contribution in [3.63, 3.8) is 0 Å². The highest BCUT2D eigenvalue weighted by atomic mass is 32.2. The Balaban J connectivity index is 1.33. The number of methoxy groups -OCH3 is 1. The van der Waals surface area contributed by atoms with E-state index in [1.807, 2.05) is 30.3 Å². The number of aromatic nitrogens is 2. The Kier molecular flexibility index (Phi) is 7.51. The summed E-state index contributed by atoms with van der Waals surface area (Å²) in [6.07, 6.45) is 0.755. The summed E-state index contributed by atoms with van der Waals surface area (Å²) < 4.78 is 12.3. The highest BCUT2D eigenvalue weighted by Crippen LogP contribution is 2.34. The lowest BCUT2D eigenvalue weighted by molar-refractivity contribution is -0.122. The van der Waals surface area contributed by atoms with E-state index in [2.05, 4.69) is 15.7 Å². The molecule has 2 amide bonds.